The van der Waals surface area contributed by atoms with Gasteiger partial charge in [-0.15, -0.1) is 0 Å². The van der Waals surface area contributed by atoms with Crippen molar-refractivity contribution in [1.29, 1.82) is 0 Å². The maximum atomic E-state index is 11.8. The van der Waals surface area contributed by atoms with Gasteiger partial charge in [-0.1, -0.05) is 24.3 Å². The lowest BCUT2D eigenvalue weighted by Crippen LogP contribution is -2.36. The van der Waals surface area contributed by atoms with Crippen molar-refractivity contribution in [3.8, 4) is 0 Å². The maximum absolute atomic E-state index is 11.8. The third kappa shape index (κ3) is 2.30. The van der Waals surface area contributed by atoms with Crippen LogP contribution in [0.5, 0.6) is 0 Å². The van der Waals surface area contributed by atoms with Crippen molar-refractivity contribution < 1.29 is 9.90 Å². The van der Waals surface area contributed by atoms with E-state index in [-0.39, 0.29) is 12.1 Å². The van der Waals surface area contributed by atoms with Gasteiger partial charge < -0.3 is 15.7 Å². The summed E-state index contributed by atoms with van der Waals surface area (Å²) in [5.74, 6) is 0. The molecule has 2 amide bonds. The molecule has 0 saturated heterocycles. The van der Waals surface area contributed by atoms with Gasteiger partial charge in [0, 0.05) is 12.6 Å². The number of nitrogens with one attached hydrogen (secondary N) is 3. The summed E-state index contributed by atoms with van der Waals surface area (Å²) in [6.07, 6.45) is 3.07. The van der Waals surface area contributed by atoms with E-state index in [1.54, 1.807) is 6.20 Å². The van der Waals surface area contributed by atoms with Crippen molar-refractivity contribution in [1.82, 2.24) is 15.5 Å². The molecule has 2 atom stereocenters. The summed E-state index contributed by atoms with van der Waals surface area (Å²) in [5.41, 5.74) is 2.62. The number of nitrogens with zero attached hydrogens (tertiary/aromatic N) is 1. The molecule has 0 radical (unpaired) electrons. The van der Waals surface area contributed by atoms with E-state index in [0.29, 0.717) is 12.1 Å². The maximum Gasteiger partial charge on any atom is 0.319 e. The number of aromatic amines is 1. The fourth-order valence-corrected chi connectivity index (χ4v) is 2.38. The molecule has 0 spiro atoms. The molecule has 0 fully saturated rings. The van der Waals surface area contributed by atoms with E-state index >= 15 is 0 Å². The minimum Gasteiger partial charge on any atom is -0.390 e. The number of benzene rings is 1. The number of H-pyrrole nitrogens is 1. The smallest absolute Gasteiger partial charge is 0.319 e. The molecular weight excluding hydrogens is 244 g/mol. The lowest BCUT2D eigenvalue weighted by molar-refractivity contribution is 0.144. The fraction of sp³-hybridized carbons (Fsp3) is 0.231. The first-order valence-corrected chi connectivity index (χ1v) is 6.06. The van der Waals surface area contributed by atoms with E-state index in [1.165, 1.54) is 6.20 Å². The van der Waals surface area contributed by atoms with Gasteiger partial charge in [-0.3, -0.25) is 5.10 Å². The number of amides is 2. The normalized spacial score (nSPS) is 20.9. The number of anilines is 1. The number of carbonyl (C=O) groups is 1. The summed E-state index contributed by atoms with van der Waals surface area (Å²) in [4.78, 5) is 11.8. The van der Waals surface area contributed by atoms with Gasteiger partial charge in [0.15, 0.2) is 0 Å². The van der Waals surface area contributed by atoms with Crippen molar-refractivity contribution in [3.05, 3.63) is 47.8 Å². The molecule has 1 heterocycles. The average Bonchev–Trinajstić information content (AvgIpc) is 2.99. The van der Waals surface area contributed by atoms with Gasteiger partial charge in [-0.2, -0.15) is 5.10 Å². The molecular formula is C13H14N4O2. The van der Waals surface area contributed by atoms with E-state index in [1.807, 2.05) is 24.3 Å². The predicted molar refractivity (Wildman–Crippen MR) is 69.6 cm³/mol. The van der Waals surface area contributed by atoms with Gasteiger partial charge >= 0.3 is 6.03 Å². The second kappa shape index (κ2) is 4.74. The van der Waals surface area contributed by atoms with Crippen molar-refractivity contribution in [3.63, 3.8) is 0 Å². The number of carbonyl (C=O) groups excluding carboxylic acids is 1. The van der Waals surface area contributed by atoms with Crippen LogP contribution in [0.1, 0.15) is 17.2 Å². The molecule has 1 aromatic heterocycles. The third-order valence-corrected chi connectivity index (χ3v) is 3.25. The summed E-state index contributed by atoms with van der Waals surface area (Å²) in [6.45, 7) is 0. The Kier molecular flexibility index (Phi) is 2.92. The molecule has 3 rings (SSSR count). The molecule has 0 saturated carbocycles. The summed E-state index contributed by atoms with van der Waals surface area (Å²) in [6, 6.07) is 6.99. The van der Waals surface area contributed by atoms with Gasteiger partial charge in [0.25, 0.3) is 0 Å². The number of fused-ring (bicyclic) bond motifs is 1. The van der Waals surface area contributed by atoms with E-state index in [9.17, 15) is 9.90 Å². The molecule has 6 heteroatoms. The highest BCUT2D eigenvalue weighted by atomic mass is 16.3. The summed E-state index contributed by atoms with van der Waals surface area (Å²) in [5, 5.41) is 21.8. The molecule has 2 aromatic rings. The van der Waals surface area contributed by atoms with Gasteiger partial charge in [-0.05, 0) is 11.1 Å². The van der Waals surface area contributed by atoms with Crippen LogP contribution in [0.2, 0.25) is 0 Å². The zero-order valence-electron chi connectivity index (χ0n) is 10.1. The molecule has 4 N–H and O–H groups in total. The molecule has 1 aliphatic carbocycles. The molecule has 0 aliphatic heterocycles. The van der Waals surface area contributed by atoms with Crippen LogP contribution in [-0.4, -0.2) is 27.4 Å². The first kappa shape index (κ1) is 11.7. The quantitative estimate of drug-likeness (QED) is 0.652. The molecule has 19 heavy (non-hydrogen) atoms. The van der Waals surface area contributed by atoms with Crippen LogP contribution in [0, 0.1) is 0 Å². The highest BCUT2D eigenvalue weighted by molar-refractivity contribution is 5.89. The topological polar surface area (TPSA) is 90.0 Å². The second-order valence-corrected chi connectivity index (χ2v) is 4.53. The largest absolute Gasteiger partial charge is 0.390 e. The average molecular weight is 258 g/mol. The standard InChI is InChI=1S/C13H14N4O2/c18-11-5-8-3-1-2-4-10(8)12(11)17-13(19)16-9-6-14-15-7-9/h1-4,6-7,11-12,18H,5H2,(H,14,15)(H2,16,17,19)/t11-,12+/m1/s1. The first-order chi connectivity index (χ1) is 9.24. The monoisotopic (exact) mass is 258 g/mol. The number of urea groups is 1. The van der Waals surface area contributed by atoms with Crippen LogP contribution in [0.4, 0.5) is 10.5 Å². The van der Waals surface area contributed by atoms with E-state index in [0.717, 1.165) is 11.1 Å². The zero-order chi connectivity index (χ0) is 13.2. The van der Waals surface area contributed by atoms with Crippen molar-refractivity contribution in [2.75, 3.05) is 5.32 Å². The van der Waals surface area contributed by atoms with Crippen molar-refractivity contribution in [2.45, 2.75) is 18.6 Å². The Labute approximate surface area is 109 Å². The van der Waals surface area contributed by atoms with Crippen LogP contribution >= 0.6 is 0 Å². The molecule has 0 bridgehead atoms. The number of hydrogen-bond donors (Lipinski definition) is 4. The Hall–Kier alpha value is -2.34. The lowest BCUT2D eigenvalue weighted by atomic mass is 10.1. The molecule has 0 unspecified atom stereocenters. The van der Waals surface area contributed by atoms with Gasteiger partial charge in [0.1, 0.15) is 0 Å². The number of aromatic nitrogens is 2. The Morgan fingerprint density at radius 3 is 3.05 bits per heavy atom. The van der Waals surface area contributed by atoms with Gasteiger partial charge in [0.2, 0.25) is 0 Å². The lowest BCUT2D eigenvalue weighted by Gasteiger charge is -2.17. The molecule has 1 aliphatic rings. The van der Waals surface area contributed by atoms with Crippen molar-refractivity contribution >= 4 is 11.7 Å². The highest BCUT2D eigenvalue weighted by Crippen LogP contribution is 2.31. The zero-order valence-corrected chi connectivity index (χ0v) is 10.1. The highest BCUT2D eigenvalue weighted by Gasteiger charge is 2.31. The summed E-state index contributed by atoms with van der Waals surface area (Å²) in [7, 11) is 0. The third-order valence-electron chi connectivity index (χ3n) is 3.25. The Morgan fingerprint density at radius 2 is 2.26 bits per heavy atom. The summed E-state index contributed by atoms with van der Waals surface area (Å²) < 4.78 is 0. The molecule has 6 nitrogen and oxygen atoms in total. The predicted octanol–water partition coefficient (Wildman–Crippen LogP) is 1.19. The van der Waals surface area contributed by atoms with Gasteiger partial charge in [-0.25, -0.2) is 4.79 Å². The van der Waals surface area contributed by atoms with Crippen LogP contribution in [0.25, 0.3) is 0 Å². The number of hydrogen-bond acceptors (Lipinski definition) is 3. The fourth-order valence-electron chi connectivity index (χ4n) is 2.38. The number of rotatable bonds is 2. The molecule has 1 aromatic carbocycles. The summed E-state index contributed by atoms with van der Waals surface area (Å²) >= 11 is 0. The van der Waals surface area contributed by atoms with Gasteiger partial charge in [0.05, 0.1) is 24.0 Å². The van der Waals surface area contributed by atoms with E-state index in [4.69, 9.17) is 0 Å². The minimum absolute atomic E-state index is 0.359. The number of aliphatic hydroxyl groups is 1. The van der Waals surface area contributed by atoms with Crippen LogP contribution in [0.3, 0.4) is 0 Å². The van der Waals surface area contributed by atoms with Crippen LogP contribution < -0.4 is 10.6 Å². The van der Waals surface area contributed by atoms with Crippen LogP contribution in [0.15, 0.2) is 36.7 Å². The SMILES string of the molecule is O=C(Nc1cn[nH]c1)N[C@H]1c2ccccc2C[C@H]1O. The Balaban J connectivity index is 1.71. The van der Waals surface area contributed by atoms with E-state index < -0.39 is 6.10 Å². The Bertz CT molecular complexity index is 582. The second-order valence-electron chi connectivity index (χ2n) is 4.53. The Morgan fingerprint density at radius 1 is 1.42 bits per heavy atom. The van der Waals surface area contributed by atoms with Crippen molar-refractivity contribution in [2.24, 2.45) is 0 Å². The molecule has 98 valence electrons. The van der Waals surface area contributed by atoms with Crippen LogP contribution in [-0.2, 0) is 6.42 Å². The first-order valence-electron chi connectivity index (χ1n) is 6.06. The minimum atomic E-state index is -0.590. The van der Waals surface area contributed by atoms with E-state index in [2.05, 4.69) is 20.8 Å². The number of aliphatic hydroxyl groups excluding tert-OH is 1.